The highest BCUT2D eigenvalue weighted by molar-refractivity contribution is 7.80. The van der Waals surface area contributed by atoms with E-state index in [1.54, 1.807) is 0 Å². The first-order chi connectivity index (χ1) is 13.6. The van der Waals surface area contributed by atoms with Crippen LogP contribution in [0.4, 0.5) is 0 Å². The zero-order chi connectivity index (χ0) is 21.5. The molecule has 0 aromatic heterocycles. The summed E-state index contributed by atoms with van der Waals surface area (Å²) in [6, 6.07) is 10.4. The maximum atomic E-state index is 11.7. The monoisotopic (exact) mass is 428 g/mol. The van der Waals surface area contributed by atoms with Crippen molar-refractivity contribution < 1.29 is 26.7 Å². The van der Waals surface area contributed by atoms with Gasteiger partial charge in [0.05, 0.1) is 34.3 Å². The number of aliphatic hydroxyl groups is 1. The van der Waals surface area contributed by atoms with Crippen molar-refractivity contribution in [2.24, 2.45) is 5.92 Å². The average molecular weight is 429 g/mol. The first-order valence-electron chi connectivity index (χ1n) is 10.4. The van der Waals surface area contributed by atoms with Crippen LogP contribution in [0.2, 0.25) is 0 Å². The lowest BCUT2D eigenvalue weighted by Crippen LogP contribution is -2.58. The minimum Gasteiger partial charge on any atom is -0.726 e. The molecule has 1 saturated heterocycles. The number of β-amino-alcohol motifs (C(OH)–C–C–N with tert-alkyl or cyclic N) is 1. The first kappa shape index (κ1) is 24.2. The third kappa shape index (κ3) is 7.62. The Morgan fingerprint density at radius 1 is 1.14 bits per heavy atom. The number of hydrogen-bond donors (Lipinski definition) is 1. The lowest BCUT2D eigenvalue weighted by molar-refractivity contribution is -0.894. The Labute approximate surface area is 175 Å². The molecule has 2 fully saturated rings. The van der Waals surface area contributed by atoms with Crippen molar-refractivity contribution in [2.75, 3.05) is 53.9 Å². The fraction of sp³-hybridized carbons (Fsp3) is 0.714. The number of hydrogen-bond acceptors (Lipinski definition) is 6. The SMILES string of the molecule is COS(=O)(=O)[O-].C[N+]1(C)CCN(CC(O)(c2ccccc2)C2CCCCC2)CC1. The highest BCUT2D eigenvalue weighted by Crippen LogP contribution is 2.40. The Bertz CT molecular complexity index is 710. The highest BCUT2D eigenvalue weighted by Gasteiger charge is 2.41. The Balaban J connectivity index is 0.000000438. The quantitative estimate of drug-likeness (QED) is 0.438. The van der Waals surface area contributed by atoms with Crippen LogP contribution in [0, 0.1) is 5.92 Å². The molecule has 1 N–H and O–H groups in total. The predicted molar refractivity (Wildman–Crippen MR) is 112 cm³/mol. The van der Waals surface area contributed by atoms with E-state index in [1.807, 2.05) is 6.07 Å². The summed E-state index contributed by atoms with van der Waals surface area (Å²) >= 11 is 0. The minimum absolute atomic E-state index is 0.406. The van der Waals surface area contributed by atoms with Crippen LogP contribution in [0.1, 0.15) is 37.7 Å². The van der Waals surface area contributed by atoms with Gasteiger partial charge in [-0.05, 0) is 24.3 Å². The zero-order valence-electron chi connectivity index (χ0n) is 17.9. The minimum atomic E-state index is -4.41. The number of benzene rings is 1. The number of piperazine rings is 1. The van der Waals surface area contributed by atoms with Crippen LogP contribution in [-0.4, -0.2) is 81.4 Å². The normalized spacial score (nSPS) is 22.9. The summed E-state index contributed by atoms with van der Waals surface area (Å²) in [4.78, 5) is 2.49. The first-order valence-corrected chi connectivity index (χ1v) is 11.7. The topological polar surface area (TPSA) is 89.9 Å². The smallest absolute Gasteiger partial charge is 0.217 e. The van der Waals surface area contributed by atoms with Crippen LogP contribution in [0.25, 0.3) is 0 Å². The van der Waals surface area contributed by atoms with Crippen LogP contribution < -0.4 is 0 Å². The van der Waals surface area contributed by atoms with Gasteiger partial charge in [0.1, 0.15) is 5.60 Å². The standard InChI is InChI=1S/C20H33N2O.CH4O4S/c1-22(2)15-13-21(14-16-22)17-20(23,18-9-5-3-6-10-18)19-11-7-4-8-12-19;1-5-6(2,3)4/h3,5-6,9-10,19,23H,4,7-8,11-17H2,1-2H3;1H3,(H,2,3,4)/q+1;/p-1. The predicted octanol–water partition coefficient (Wildman–Crippen LogP) is 1.94. The van der Waals surface area contributed by atoms with Gasteiger partial charge in [0.15, 0.2) is 0 Å². The molecule has 1 atom stereocenters. The summed E-state index contributed by atoms with van der Waals surface area (Å²) in [5, 5.41) is 11.7. The third-order valence-corrected chi connectivity index (χ3v) is 6.67. The van der Waals surface area contributed by atoms with Crippen molar-refractivity contribution in [1.82, 2.24) is 4.90 Å². The molecule has 2 aliphatic rings. The number of nitrogens with zero attached hydrogens (tertiary/aromatic N) is 2. The van der Waals surface area contributed by atoms with Crippen molar-refractivity contribution >= 4 is 10.4 Å². The second-order valence-corrected chi connectivity index (χ2v) is 10.0. The van der Waals surface area contributed by atoms with Gasteiger partial charge in [-0.3, -0.25) is 9.08 Å². The van der Waals surface area contributed by atoms with Gasteiger partial charge in [0, 0.05) is 19.6 Å². The van der Waals surface area contributed by atoms with Crippen molar-refractivity contribution in [3.05, 3.63) is 35.9 Å². The third-order valence-electron chi connectivity index (χ3n) is 6.27. The van der Waals surface area contributed by atoms with E-state index < -0.39 is 16.0 Å². The molecule has 1 aliphatic carbocycles. The van der Waals surface area contributed by atoms with Crippen molar-refractivity contribution in [2.45, 2.75) is 37.7 Å². The zero-order valence-corrected chi connectivity index (χ0v) is 18.7. The largest absolute Gasteiger partial charge is 0.726 e. The molecule has 1 aromatic rings. The molecule has 166 valence electrons. The van der Waals surface area contributed by atoms with Gasteiger partial charge in [-0.1, -0.05) is 49.6 Å². The van der Waals surface area contributed by atoms with Crippen LogP contribution in [0.3, 0.4) is 0 Å². The molecule has 1 unspecified atom stereocenters. The van der Waals surface area contributed by atoms with E-state index in [1.165, 1.54) is 45.2 Å². The fourth-order valence-corrected chi connectivity index (χ4v) is 4.31. The van der Waals surface area contributed by atoms with E-state index >= 15 is 0 Å². The van der Waals surface area contributed by atoms with E-state index in [2.05, 4.69) is 47.4 Å². The average Bonchev–Trinajstić information content (AvgIpc) is 2.71. The molecule has 1 aromatic carbocycles. The van der Waals surface area contributed by atoms with Crippen molar-refractivity contribution in [1.29, 1.82) is 0 Å². The van der Waals surface area contributed by atoms with Crippen LogP contribution in [-0.2, 0) is 20.2 Å². The number of quaternary nitrogens is 1. The fourth-order valence-electron chi connectivity index (χ4n) is 4.31. The van der Waals surface area contributed by atoms with Gasteiger partial charge in [0.2, 0.25) is 10.4 Å². The number of rotatable bonds is 5. The van der Waals surface area contributed by atoms with Gasteiger partial charge in [0.25, 0.3) is 0 Å². The Morgan fingerprint density at radius 3 is 2.14 bits per heavy atom. The maximum absolute atomic E-state index is 11.7. The summed E-state index contributed by atoms with van der Waals surface area (Å²) in [6.07, 6.45) is 6.20. The Morgan fingerprint density at radius 2 is 1.66 bits per heavy atom. The summed E-state index contributed by atoms with van der Waals surface area (Å²) < 4.78 is 32.1. The Hall–Kier alpha value is -1.03. The molecule has 1 heterocycles. The molecule has 0 spiro atoms. The summed E-state index contributed by atoms with van der Waals surface area (Å²) in [5.74, 6) is 0.406. The highest BCUT2D eigenvalue weighted by atomic mass is 32.3. The second-order valence-electron chi connectivity index (χ2n) is 8.86. The molecule has 1 aliphatic heterocycles. The molecule has 1 saturated carbocycles. The van der Waals surface area contributed by atoms with Crippen LogP contribution >= 0.6 is 0 Å². The van der Waals surface area contributed by atoms with E-state index in [9.17, 15) is 18.1 Å². The van der Waals surface area contributed by atoms with Gasteiger partial charge in [-0.15, -0.1) is 0 Å². The van der Waals surface area contributed by atoms with Crippen molar-refractivity contribution in [3.63, 3.8) is 0 Å². The van der Waals surface area contributed by atoms with Crippen LogP contribution in [0.5, 0.6) is 0 Å². The molecule has 0 radical (unpaired) electrons. The van der Waals surface area contributed by atoms with Gasteiger partial charge in [-0.2, -0.15) is 0 Å². The molecule has 29 heavy (non-hydrogen) atoms. The molecule has 0 amide bonds. The molecule has 8 heteroatoms. The molecular weight excluding hydrogens is 392 g/mol. The summed E-state index contributed by atoms with van der Waals surface area (Å²) in [6.45, 7) is 5.33. The van der Waals surface area contributed by atoms with Crippen LogP contribution in [0.15, 0.2) is 30.3 Å². The van der Waals surface area contributed by atoms with Gasteiger partial charge in [-0.25, -0.2) is 8.42 Å². The maximum Gasteiger partial charge on any atom is 0.217 e. The molecular formula is C21H36N2O5S. The molecule has 7 nitrogen and oxygen atoms in total. The summed E-state index contributed by atoms with van der Waals surface area (Å²) in [5.41, 5.74) is 0.433. The number of likely N-dealkylation sites (N-methyl/N-ethyl adjacent to an activating group) is 1. The molecule has 0 bridgehead atoms. The molecule has 3 rings (SSSR count). The second kappa shape index (κ2) is 10.3. The van der Waals surface area contributed by atoms with Crippen molar-refractivity contribution in [3.8, 4) is 0 Å². The Kier molecular flexibility index (Phi) is 8.63. The van der Waals surface area contributed by atoms with E-state index in [4.69, 9.17) is 0 Å². The van der Waals surface area contributed by atoms with Gasteiger partial charge >= 0.3 is 0 Å². The summed E-state index contributed by atoms with van der Waals surface area (Å²) in [7, 11) is 1.01. The van der Waals surface area contributed by atoms with E-state index in [0.29, 0.717) is 5.92 Å². The lowest BCUT2D eigenvalue weighted by Gasteiger charge is -2.45. The van der Waals surface area contributed by atoms with Gasteiger partial charge < -0.3 is 14.1 Å². The van der Waals surface area contributed by atoms with E-state index in [0.717, 1.165) is 36.8 Å². The van der Waals surface area contributed by atoms with E-state index in [-0.39, 0.29) is 0 Å². The lowest BCUT2D eigenvalue weighted by atomic mass is 9.73.